The van der Waals surface area contributed by atoms with Crippen LogP contribution >= 0.6 is 0 Å². The fourth-order valence-electron chi connectivity index (χ4n) is 1.29. The number of hydrogen-bond donors (Lipinski definition) is 1. The minimum absolute atomic E-state index is 0.287. The van der Waals surface area contributed by atoms with Crippen molar-refractivity contribution in [3.05, 3.63) is 35.9 Å². The average Bonchev–Trinajstić information content (AvgIpc) is 2.16. The van der Waals surface area contributed by atoms with E-state index in [-0.39, 0.29) is 6.42 Å². The molecule has 1 rings (SSSR count). The molecule has 1 N–H and O–H groups in total. The van der Waals surface area contributed by atoms with Gasteiger partial charge in [-0.15, -0.1) is 0 Å². The minimum Gasteiger partial charge on any atom is -0.458 e. The number of carbonyl (C=O) groups excluding carboxylic acids is 1. The zero-order chi connectivity index (χ0) is 12.2. The normalized spacial score (nSPS) is 13.2. The number of hydrogen-bond acceptors (Lipinski definition) is 3. The summed E-state index contributed by atoms with van der Waals surface area (Å²) in [5, 5.41) is 9.66. The Morgan fingerprint density at radius 1 is 1.31 bits per heavy atom. The second-order valence-electron chi connectivity index (χ2n) is 4.74. The summed E-state index contributed by atoms with van der Waals surface area (Å²) < 4.78 is 5.08. The third kappa shape index (κ3) is 4.45. The first-order valence-corrected chi connectivity index (χ1v) is 5.33. The van der Waals surface area contributed by atoms with Gasteiger partial charge in [-0.3, -0.25) is 0 Å². The lowest BCUT2D eigenvalue weighted by molar-refractivity contribution is -0.164. The van der Waals surface area contributed by atoms with Crippen LogP contribution < -0.4 is 0 Å². The lowest BCUT2D eigenvalue weighted by Crippen LogP contribution is -2.32. The largest absolute Gasteiger partial charge is 0.458 e. The van der Waals surface area contributed by atoms with Gasteiger partial charge in [0.2, 0.25) is 0 Å². The maximum absolute atomic E-state index is 11.5. The smallest absolute Gasteiger partial charge is 0.335 e. The fraction of sp³-hybridized carbons (Fsp3) is 0.462. The third-order valence-corrected chi connectivity index (χ3v) is 1.95. The van der Waals surface area contributed by atoms with E-state index in [2.05, 4.69) is 0 Å². The number of carbonyl (C=O) groups is 1. The van der Waals surface area contributed by atoms with E-state index in [1.54, 1.807) is 20.8 Å². The summed E-state index contributed by atoms with van der Waals surface area (Å²) in [6, 6.07) is 9.37. The van der Waals surface area contributed by atoms with E-state index < -0.39 is 17.7 Å². The Labute approximate surface area is 96.1 Å². The number of benzene rings is 1. The molecular formula is C13H18O3. The minimum atomic E-state index is -1.10. The van der Waals surface area contributed by atoms with Crippen LogP contribution in [-0.2, 0) is 16.0 Å². The van der Waals surface area contributed by atoms with Crippen LogP contribution in [0.25, 0.3) is 0 Å². The summed E-state index contributed by atoms with van der Waals surface area (Å²) in [5.74, 6) is -0.573. The van der Waals surface area contributed by atoms with E-state index in [0.717, 1.165) is 5.56 Å². The van der Waals surface area contributed by atoms with Gasteiger partial charge in [0.1, 0.15) is 5.60 Å². The van der Waals surface area contributed by atoms with Gasteiger partial charge in [0.05, 0.1) is 0 Å². The van der Waals surface area contributed by atoms with Crippen LogP contribution in [0.4, 0.5) is 0 Å². The van der Waals surface area contributed by atoms with Crippen LogP contribution in [0, 0.1) is 0 Å². The molecule has 0 unspecified atom stereocenters. The van der Waals surface area contributed by atoms with Crippen molar-refractivity contribution >= 4 is 5.97 Å². The summed E-state index contributed by atoms with van der Waals surface area (Å²) in [7, 11) is 0. The quantitative estimate of drug-likeness (QED) is 0.795. The summed E-state index contributed by atoms with van der Waals surface area (Å²) in [4.78, 5) is 11.5. The summed E-state index contributed by atoms with van der Waals surface area (Å²) >= 11 is 0. The zero-order valence-corrected chi connectivity index (χ0v) is 9.93. The molecule has 88 valence electrons. The highest BCUT2D eigenvalue weighted by atomic mass is 16.6. The Morgan fingerprint density at radius 3 is 2.38 bits per heavy atom. The van der Waals surface area contributed by atoms with Crippen molar-refractivity contribution in [1.82, 2.24) is 0 Å². The van der Waals surface area contributed by atoms with E-state index >= 15 is 0 Å². The second kappa shape index (κ2) is 5.12. The molecule has 1 aromatic carbocycles. The molecule has 0 aliphatic rings. The van der Waals surface area contributed by atoms with Crippen molar-refractivity contribution in [2.45, 2.75) is 38.9 Å². The molecule has 0 aromatic heterocycles. The van der Waals surface area contributed by atoms with Gasteiger partial charge in [-0.2, -0.15) is 0 Å². The van der Waals surface area contributed by atoms with Crippen molar-refractivity contribution in [2.75, 3.05) is 0 Å². The molecule has 0 aliphatic carbocycles. The van der Waals surface area contributed by atoms with Crippen molar-refractivity contribution in [3.63, 3.8) is 0 Å². The number of rotatable bonds is 3. The molecule has 0 bridgehead atoms. The van der Waals surface area contributed by atoms with E-state index in [9.17, 15) is 9.90 Å². The number of ether oxygens (including phenoxy) is 1. The van der Waals surface area contributed by atoms with E-state index in [1.807, 2.05) is 30.3 Å². The fourth-order valence-corrected chi connectivity index (χ4v) is 1.29. The first-order valence-electron chi connectivity index (χ1n) is 5.33. The van der Waals surface area contributed by atoms with Gasteiger partial charge in [0.15, 0.2) is 6.10 Å². The molecule has 1 aromatic rings. The molecule has 0 spiro atoms. The van der Waals surface area contributed by atoms with E-state index in [4.69, 9.17) is 4.74 Å². The summed E-state index contributed by atoms with van der Waals surface area (Å²) in [6.07, 6.45) is -0.808. The molecular weight excluding hydrogens is 204 g/mol. The monoisotopic (exact) mass is 222 g/mol. The molecule has 1 atom stereocenters. The Bertz CT molecular complexity index is 338. The van der Waals surface area contributed by atoms with Crippen LogP contribution in [0.3, 0.4) is 0 Å². The van der Waals surface area contributed by atoms with Gasteiger partial charge in [-0.05, 0) is 26.3 Å². The highest BCUT2D eigenvalue weighted by Gasteiger charge is 2.23. The lowest BCUT2D eigenvalue weighted by Gasteiger charge is -2.21. The third-order valence-electron chi connectivity index (χ3n) is 1.95. The number of aliphatic hydroxyl groups excluding tert-OH is 1. The van der Waals surface area contributed by atoms with Crippen molar-refractivity contribution in [3.8, 4) is 0 Å². The summed E-state index contributed by atoms with van der Waals surface area (Å²) in [5.41, 5.74) is 0.357. The first kappa shape index (κ1) is 12.7. The topological polar surface area (TPSA) is 46.5 Å². The average molecular weight is 222 g/mol. The highest BCUT2D eigenvalue weighted by Crippen LogP contribution is 2.11. The molecule has 0 heterocycles. The lowest BCUT2D eigenvalue weighted by atomic mass is 10.1. The SMILES string of the molecule is CC(C)(C)OC(=O)[C@@H](O)Cc1ccccc1. The molecule has 0 fully saturated rings. The highest BCUT2D eigenvalue weighted by molar-refractivity contribution is 5.75. The Kier molecular flexibility index (Phi) is 4.07. The molecule has 0 amide bonds. The Hall–Kier alpha value is -1.35. The van der Waals surface area contributed by atoms with Crippen LogP contribution in [0.1, 0.15) is 26.3 Å². The van der Waals surface area contributed by atoms with Crippen molar-refractivity contribution in [1.29, 1.82) is 0 Å². The number of aliphatic hydroxyl groups is 1. The van der Waals surface area contributed by atoms with Gasteiger partial charge < -0.3 is 9.84 Å². The molecule has 0 saturated carbocycles. The molecule has 3 nitrogen and oxygen atoms in total. The van der Waals surface area contributed by atoms with Gasteiger partial charge >= 0.3 is 5.97 Å². The maximum Gasteiger partial charge on any atom is 0.335 e. The molecule has 16 heavy (non-hydrogen) atoms. The van der Waals surface area contributed by atoms with Gasteiger partial charge in [-0.25, -0.2) is 4.79 Å². The van der Waals surface area contributed by atoms with Crippen LogP contribution in [-0.4, -0.2) is 22.8 Å². The van der Waals surface area contributed by atoms with E-state index in [1.165, 1.54) is 0 Å². The Balaban J connectivity index is 2.53. The van der Waals surface area contributed by atoms with Crippen LogP contribution in [0.2, 0.25) is 0 Å². The van der Waals surface area contributed by atoms with Crippen molar-refractivity contribution in [2.24, 2.45) is 0 Å². The van der Waals surface area contributed by atoms with Gasteiger partial charge in [-0.1, -0.05) is 30.3 Å². The standard InChI is InChI=1S/C13H18O3/c1-13(2,3)16-12(15)11(14)9-10-7-5-4-6-8-10/h4-8,11,14H,9H2,1-3H3/t11-/m0/s1. The molecule has 0 aliphatic heterocycles. The Morgan fingerprint density at radius 2 is 1.88 bits per heavy atom. The van der Waals surface area contributed by atoms with Crippen LogP contribution in [0.15, 0.2) is 30.3 Å². The maximum atomic E-state index is 11.5. The predicted molar refractivity (Wildman–Crippen MR) is 62.0 cm³/mol. The van der Waals surface area contributed by atoms with E-state index in [0.29, 0.717) is 0 Å². The number of esters is 1. The van der Waals surface area contributed by atoms with Crippen molar-refractivity contribution < 1.29 is 14.6 Å². The molecule has 0 saturated heterocycles. The predicted octanol–water partition coefficient (Wildman–Crippen LogP) is 1.93. The molecule has 0 radical (unpaired) electrons. The zero-order valence-electron chi connectivity index (χ0n) is 9.93. The van der Waals surface area contributed by atoms with Gasteiger partial charge in [0.25, 0.3) is 0 Å². The van der Waals surface area contributed by atoms with Gasteiger partial charge in [0, 0.05) is 6.42 Å². The summed E-state index contributed by atoms with van der Waals surface area (Å²) in [6.45, 7) is 5.33. The first-order chi connectivity index (χ1) is 7.38. The second-order valence-corrected chi connectivity index (χ2v) is 4.74. The van der Waals surface area contributed by atoms with Crippen LogP contribution in [0.5, 0.6) is 0 Å². The molecule has 3 heteroatoms.